The third kappa shape index (κ3) is 4.38. The summed E-state index contributed by atoms with van der Waals surface area (Å²) in [6.07, 6.45) is 1.83. The molecule has 0 aliphatic rings. The minimum Gasteiger partial charge on any atom is -0.479 e. The summed E-state index contributed by atoms with van der Waals surface area (Å²) in [5, 5.41) is 13.1. The van der Waals surface area contributed by atoms with Gasteiger partial charge in [-0.15, -0.1) is 15.3 Å². The average Bonchev–Trinajstić information content (AvgIpc) is 3.11. The van der Waals surface area contributed by atoms with Crippen LogP contribution in [0.1, 0.15) is 26.0 Å². The maximum Gasteiger partial charge on any atom is 0.243 e. The molecule has 31 heavy (non-hydrogen) atoms. The summed E-state index contributed by atoms with van der Waals surface area (Å²) >= 11 is 0. The summed E-state index contributed by atoms with van der Waals surface area (Å²) in [5.41, 5.74) is 2.48. The second-order valence-corrected chi connectivity index (χ2v) is 8.05. The Bertz CT molecular complexity index is 1250. The summed E-state index contributed by atoms with van der Waals surface area (Å²) in [5.74, 6) is -0.246. The molecule has 1 aromatic carbocycles. The molecule has 3 heterocycles. The van der Waals surface area contributed by atoms with Gasteiger partial charge in [-0.3, -0.25) is 9.67 Å². The molecule has 4 rings (SSSR count). The van der Waals surface area contributed by atoms with Gasteiger partial charge in [0.1, 0.15) is 5.67 Å². The zero-order chi connectivity index (χ0) is 22.2. The minimum atomic E-state index is -1.35. The molecule has 6 nitrogen and oxygen atoms in total. The molecule has 0 unspecified atom stereocenters. The summed E-state index contributed by atoms with van der Waals surface area (Å²) in [6.45, 7) is 5.18. The first kappa shape index (κ1) is 20.8. The van der Waals surface area contributed by atoms with Crippen molar-refractivity contribution in [2.45, 2.75) is 39.4 Å². The van der Waals surface area contributed by atoms with E-state index in [2.05, 4.69) is 20.3 Å². The number of methoxy groups -OCH3 is 1. The van der Waals surface area contributed by atoms with Crippen LogP contribution in [-0.2, 0) is 6.54 Å². The third-order valence-electron chi connectivity index (χ3n) is 5.03. The highest BCUT2D eigenvalue weighted by Gasteiger charge is 2.19. The molecule has 0 aliphatic heterocycles. The third-order valence-corrected chi connectivity index (χ3v) is 5.03. The second-order valence-electron chi connectivity index (χ2n) is 8.05. The molecule has 4 aromatic rings. The predicted octanol–water partition coefficient (Wildman–Crippen LogP) is 5.15. The number of nitrogens with zero attached hydrogens (tertiary/aromatic N) is 5. The Morgan fingerprint density at radius 1 is 1.13 bits per heavy atom. The molecule has 0 radical (unpaired) electrons. The molecule has 0 atom stereocenters. The van der Waals surface area contributed by atoms with E-state index in [1.54, 1.807) is 18.3 Å². The van der Waals surface area contributed by atoms with Gasteiger partial charge >= 0.3 is 0 Å². The molecule has 8 heteroatoms. The number of aryl methyl sites for hydroxylation is 2. The van der Waals surface area contributed by atoms with Crippen LogP contribution < -0.4 is 4.74 Å². The lowest BCUT2D eigenvalue weighted by Gasteiger charge is -2.13. The number of ether oxygens (including phenoxy) is 1. The Morgan fingerprint density at radius 3 is 2.65 bits per heavy atom. The van der Waals surface area contributed by atoms with Crippen molar-refractivity contribution >= 4 is 10.9 Å². The lowest BCUT2D eigenvalue weighted by Crippen LogP contribution is -2.15. The Balaban J connectivity index is 1.77. The molecular formula is C23H23F2N5O. The number of hydrogen-bond acceptors (Lipinski definition) is 5. The fourth-order valence-corrected chi connectivity index (χ4v) is 3.42. The standard InChI is InChI=1S/C23H23F2N5O/c1-14-6-5-7-18(26-14)20-16-9-8-15(12-19(16)27-28-22(20)31-4)17-13-30(29-21(17)24)11-10-23(2,3)25/h5-9,12-13H,10-11H2,1-4H3. The summed E-state index contributed by atoms with van der Waals surface area (Å²) < 4.78 is 35.2. The fourth-order valence-electron chi connectivity index (χ4n) is 3.42. The molecule has 0 saturated carbocycles. The van der Waals surface area contributed by atoms with Gasteiger partial charge in [0, 0.05) is 30.2 Å². The van der Waals surface area contributed by atoms with Gasteiger partial charge in [0.2, 0.25) is 11.8 Å². The van der Waals surface area contributed by atoms with E-state index < -0.39 is 11.6 Å². The molecule has 160 valence electrons. The smallest absolute Gasteiger partial charge is 0.243 e. The van der Waals surface area contributed by atoms with Crippen molar-refractivity contribution in [3.8, 4) is 28.3 Å². The van der Waals surface area contributed by atoms with E-state index >= 15 is 0 Å². The van der Waals surface area contributed by atoms with Crippen LogP contribution in [0.2, 0.25) is 0 Å². The molecule has 0 N–H and O–H groups in total. The molecule has 0 fully saturated rings. The van der Waals surface area contributed by atoms with Gasteiger partial charge in [0.05, 0.1) is 29.4 Å². The highest BCUT2D eigenvalue weighted by Crippen LogP contribution is 2.35. The fraction of sp³-hybridized carbons (Fsp3) is 0.304. The highest BCUT2D eigenvalue weighted by atomic mass is 19.1. The van der Waals surface area contributed by atoms with Crippen LogP contribution in [0, 0.1) is 12.9 Å². The number of aromatic nitrogens is 5. The monoisotopic (exact) mass is 423 g/mol. The minimum absolute atomic E-state index is 0.239. The Kier molecular flexibility index (Phi) is 5.39. The first-order valence-electron chi connectivity index (χ1n) is 9.96. The van der Waals surface area contributed by atoms with Crippen LogP contribution >= 0.6 is 0 Å². The van der Waals surface area contributed by atoms with Gasteiger partial charge in [-0.1, -0.05) is 18.2 Å². The van der Waals surface area contributed by atoms with E-state index in [-0.39, 0.29) is 13.0 Å². The Hall–Kier alpha value is -3.42. The second kappa shape index (κ2) is 8.02. The lowest BCUT2D eigenvalue weighted by molar-refractivity contribution is 0.189. The maximum absolute atomic E-state index is 14.5. The van der Waals surface area contributed by atoms with Crippen molar-refractivity contribution in [3.63, 3.8) is 0 Å². The van der Waals surface area contributed by atoms with Crippen LogP contribution in [0.25, 0.3) is 33.3 Å². The molecule has 0 aliphatic carbocycles. The summed E-state index contributed by atoms with van der Waals surface area (Å²) in [4.78, 5) is 4.59. The zero-order valence-electron chi connectivity index (χ0n) is 17.9. The van der Waals surface area contributed by atoms with Crippen molar-refractivity contribution in [1.29, 1.82) is 0 Å². The predicted molar refractivity (Wildman–Crippen MR) is 115 cm³/mol. The van der Waals surface area contributed by atoms with Gasteiger partial charge < -0.3 is 4.74 Å². The topological polar surface area (TPSA) is 65.7 Å². The van der Waals surface area contributed by atoms with Gasteiger partial charge in [-0.2, -0.15) is 4.39 Å². The summed E-state index contributed by atoms with van der Waals surface area (Å²) in [6, 6.07) is 11.1. The van der Waals surface area contributed by atoms with Crippen molar-refractivity contribution in [2.24, 2.45) is 0 Å². The average molecular weight is 423 g/mol. The maximum atomic E-state index is 14.5. The number of halogens is 2. The van der Waals surface area contributed by atoms with Crippen LogP contribution in [0.15, 0.2) is 42.6 Å². The molecule has 3 aromatic heterocycles. The van der Waals surface area contributed by atoms with Gasteiger partial charge in [-0.05, 0) is 44.5 Å². The van der Waals surface area contributed by atoms with E-state index in [0.717, 1.165) is 22.3 Å². The van der Waals surface area contributed by atoms with Crippen LogP contribution in [0.3, 0.4) is 0 Å². The number of alkyl halides is 1. The number of benzene rings is 1. The van der Waals surface area contributed by atoms with Gasteiger partial charge in [0.25, 0.3) is 0 Å². The van der Waals surface area contributed by atoms with Crippen molar-refractivity contribution in [1.82, 2.24) is 25.0 Å². The molecule has 0 amide bonds. The zero-order valence-corrected chi connectivity index (χ0v) is 17.9. The SMILES string of the molecule is COc1nnc2cc(-c3cn(CCC(C)(C)F)nc3F)ccc2c1-c1cccc(C)n1. The van der Waals surface area contributed by atoms with E-state index in [1.807, 2.05) is 31.2 Å². The highest BCUT2D eigenvalue weighted by molar-refractivity contribution is 5.97. The first-order chi connectivity index (χ1) is 14.7. The van der Waals surface area contributed by atoms with Crippen LogP contribution in [0.5, 0.6) is 5.88 Å². The number of hydrogen-bond donors (Lipinski definition) is 0. The quantitative estimate of drug-likeness (QED) is 0.429. The number of fused-ring (bicyclic) bond motifs is 1. The molecule has 0 saturated heterocycles. The first-order valence-corrected chi connectivity index (χ1v) is 9.96. The molecule has 0 bridgehead atoms. The van der Waals surface area contributed by atoms with E-state index in [0.29, 0.717) is 22.5 Å². The molecule has 0 spiro atoms. The van der Waals surface area contributed by atoms with Crippen molar-refractivity contribution in [3.05, 3.63) is 54.2 Å². The van der Waals surface area contributed by atoms with E-state index in [4.69, 9.17) is 4.74 Å². The van der Waals surface area contributed by atoms with Crippen molar-refractivity contribution in [2.75, 3.05) is 7.11 Å². The van der Waals surface area contributed by atoms with Crippen molar-refractivity contribution < 1.29 is 13.5 Å². The Labute approximate surface area is 178 Å². The normalized spacial score (nSPS) is 11.8. The van der Waals surface area contributed by atoms with Crippen LogP contribution in [0.4, 0.5) is 8.78 Å². The summed E-state index contributed by atoms with van der Waals surface area (Å²) in [7, 11) is 1.53. The van der Waals surface area contributed by atoms with E-state index in [9.17, 15) is 8.78 Å². The lowest BCUT2D eigenvalue weighted by atomic mass is 10.0. The van der Waals surface area contributed by atoms with Crippen LogP contribution in [-0.4, -0.2) is 37.7 Å². The Morgan fingerprint density at radius 2 is 1.94 bits per heavy atom. The largest absolute Gasteiger partial charge is 0.479 e. The van der Waals surface area contributed by atoms with Gasteiger partial charge in [-0.25, -0.2) is 4.39 Å². The van der Waals surface area contributed by atoms with E-state index in [1.165, 1.54) is 25.6 Å². The molecular weight excluding hydrogens is 400 g/mol. The van der Waals surface area contributed by atoms with Gasteiger partial charge in [0.15, 0.2) is 0 Å². The number of pyridine rings is 1. The number of rotatable bonds is 6.